The van der Waals surface area contributed by atoms with Crippen LogP contribution in [0.15, 0.2) is 24.3 Å². The van der Waals surface area contributed by atoms with Crippen LogP contribution >= 0.6 is 0 Å². The Morgan fingerprint density at radius 1 is 1.00 bits per heavy atom. The number of aryl methyl sites for hydroxylation is 1. The summed E-state index contributed by atoms with van der Waals surface area (Å²) in [5, 5.41) is 0. The van der Waals surface area contributed by atoms with Crippen molar-refractivity contribution in [2.45, 2.75) is 41.5 Å². The molecule has 0 saturated carbocycles. The van der Waals surface area contributed by atoms with Gasteiger partial charge in [0.2, 0.25) is 0 Å². The quantitative estimate of drug-likeness (QED) is 0.580. The lowest BCUT2D eigenvalue weighted by molar-refractivity contribution is 0.856. The van der Waals surface area contributed by atoms with Crippen molar-refractivity contribution in [2.75, 3.05) is 0 Å². The smallest absolute Gasteiger partial charge is 0.0216 e. The van der Waals surface area contributed by atoms with Gasteiger partial charge in [-0.2, -0.15) is 0 Å². The summed E-state index contributed by atoms with van der Waals surface area (Å²) in [6, 6.07) is 8.54. The molecule has 0 saturated heterocycles. The summed E-state index contributed by atoms with van der Waals surface area (Å²) in [5.74, 6) is 0.654. The van der Waals surface area contributed by atoms with Crippen molar-refractivity contribution in [3.05, 3.63) is 35.4 Å². The molecule has 0 aliphatic rings. The molecule has 0 atom stereocenters. The summed E-state index contributed by atoms with van der Waals surface area (Å²) in [6.45, 7) is 6.61. The van der Waals surface area contributed by atoms with Gasteiger partial charge in [-0.3, -0.25) is 0 Å². The summed E-state index contributed by atoms with van der Waals surface area (Å²) in [5.41, 5.74) is 2.86. The summed E-state index contributed by atoms with van der Waals surface area (Å²) in [7, 11) is 0. The highest BCUT2D eigenvalue weighted by atomic mass is 14.0. The minimum atomic E-state index is 0. The van der Waals surface area contributed by atoms with Crippen molar-refractivity contribution >= 4 is 0 Å². The first-order valence-electron chi connectivity index (χ1n) is 3.77. The van der Waals surface area contributed by atoms with E-state index < -0.39 is 0 Å². The van der Waals surface area contributed by atoms with E-state index in [1.807, 2.05) is 0 Å². The molecule has 0 radical (unpaired) electrons. The molecule has 0 heterocycles. The van der Waals surface area contributed by atoms with Crippen LogP contribution in [0.1, 0.15) is 45.7 Å². The first kappa shape index (κ1) is 13.8. The molecule has 1 rings (SSSR count). The largest absolute Gasteiger partial charge is 0.0776 e. The Balaban J connectivity index is 0. The lowest BCUT2D eigenvalue weighted by Gasteiger charge is -2.07. The summed E-state index contributed by atoms with van der Waals surface area (Å²) in [6.07, 6.45) is 0. The van der Waals surface area contributed by atoms with Gasteiger partial charge in [0.25, 0.3) is 0 Å². The SMILES string of the molecule is C.C.Cc1ccccc1C(C)C. The molecule has 12 heavy (non-hydrogen) atoms. The van der Waals surface area contributed by atoms with Gasteiger partial charge in [0.1, 0.15) is 0 Å². The van der Waals surface area contributed by atoms with Crippen LogP contribution < -0.4 is 0 Å². The Bertz CT molecular complexity index is 211. The zero-order valence-electron chi connectivity index (χ0n) is 6.89. The first-order chi connectivity index (χ1) is 4.72. The van der Waals surface area contributed by atoms with Gasteiger partial charge >= 0.3 is 0 Å². The molecule has 0 nitrogen and oxygen atoms in total. The van der Waals surface area contributed by atoms with Crippen molar-refractivity contribution in [2.24, 2.45) is 0 Å². The predicted molar refractivity (Wildman–Crippen MR) is 58.7 cm³/mol. The summed E-state index contributed by atoms with van der Waals surface area (Å²) in [4.78, 5) is 0. The molecular formula is C12H22. The Kier molecular flexibility index (Phi) is 6.68. The molecule has 0 amide bonds. The average Bonchev–Trinajstić information content (AvgIpc) is 1.88. The van der Waals surface area contributed by atoms with Gasteiger partial charge in [0, 0.05) is 0 Å². The highest BCUT2D eigenvalue weighted by Gasteiger charge is 1.99. The highest BCUT2D eigenvalue weighted by Crippen LogP contribution is 2.17. The van der Waals surface area contributed by atoms with Gasteiger partial charge in [0.05, 0.1) is 0 Å². The van der Waals surface area contributed by atoms with E-state index >= 15 is 0 Å². The van der Waals surface area contributed by atoms with Crippen LogP contribution in [0.3, 0.4) is 0 Å². The molecule has 0 spiro atoms. The third kappa shape index (κ3) is 3.08. The lowest BCUT2D eigenvalue weighted by Crippen LogP contribution is -1.89. The molecule has 1 aromatic rings. The van der Waals surface area contributed by atoms with E-state index in [0.717, 1.165) is 0 Å². The summed E-state index contributed by atoms with van der Waals surface area (Å²) < 4.78 is 0. The van der Waals surface area contributed by atoms with Crippen LogP contribution in [0.2, 0.25) is 0 Å². The minimum absolute atomic E-state index is 0. The second-order valence-electron chi connectivity index (χ2n) is 3.01. The normalized spacial score (nSPS) is 8.67. The maximum atomic E-state index is 2.22. The van der Waals surface area contributed by atoms with Crippen molar-refractivity contribution in [1.29, 1.82) is 0 Å². The molecule has 0 unspecified atom stereocenters. The monoisotopic (exact) mass is 166 g/mol. The molecule has 0 bridgehead atoms. The highest BCUT2D eigenvalue weighted by molar-refractivity contribution is 5.27. The zero-order valence-corrected chi connectivity index (χ0v) is 6.89. The Hall–Kier alpha value is -0.780. The van der Waals surface area contributed by atoms with Gasteiger partial charge in [-0.15, -0.1) is 0 Å². The second-order valence-corrected chi connectivity index (χ2v) is 3.01. The van der Waals surface area contributed by atoms with Gasteiger partial charge in [-0.1, -0.05) is 53.0 Å². The van der Waals surface area contributed by atoms with E-state index in [9.17, 15) is 0 Å². The van der Waals surface area contributed by atoms with E-state index in [4.69, 9.17) is 0 Å². The van der Waals surface area contributed by atoms with Crippen LogP contribution in [-0.2, 0) is 0 Å². The molecule has 1 aromatic carbocycles. The second kappa shape index (κ2) is 5.82. The molecule has 0 fully saturated rings. The van der Waals surface area contributed by atoms with E-state index in [1.54, 1.807) is 0 Å². The molecule has 0 aliphatic heterocycles. The first-order valence-corrected chi connectivity index (χ1v) is 3.77. The molecule has 0 N–H and O–H groups in total. The fraction of sp³-hybridized carbons (Fsp3) is 0.500. The minimum Gasteiger partial charge on any atom is -0.0776 e. The predicted octanol–water partition coefficient (Wildman–Crippen LogP) is 4.39. The van der Waals surface area contributed by atoms with E-state index in [0.29, 0.717) is 5.92 Å². The Labute approximate surface area is 77.6 Å². The van der Waals surface area contributed by atoms with E-state index in [2.05, 4.69) is 45.0 Å². The maximum Gasteiger partial charge on any atom is -0.0216 e. The van der Waals surface area contributed by atoms with Gasteiger partial charge in [-0.05, 0) is 24.0 Å². The van der Waals surface area contributed by atoms with Crippen molar-refractivity contribution in [3.8, 4) is 0 Å². The van der Waals surface area contributed by atoms with Crippen LogP contribution in [0.25, 0.3) is 0 Å². The molecule has 70 valence electrons. The third-order valence-corrected chi connectivity index (χ3v) is 1.81. The lowest BCUT2D eigenvalue weighted by atomic mass is 9.99. The number of hydrogen-bond donors (Lipinski definition) is 0. The number of hydrogen-bond acceptors (Lipinski definition) is 0. The molecule has 0 aromatic heterocycles. The Morgan fingerprint density at radius 2 is 1.50 bits per heavy atom. The molecule has 0 heteroatoms. The van der Waals surface area contributed by atoms with Crippen LogP contribution in [0.5, 0.6) is 0 Å². The average molecular weight is 166 g/mol. The van der Waals surface area contributed by atoms with Crippen LogP contribution in [0, 0.1) is 6.92 Å². The fourth-order valence-electron chi connectivity index (χ4n) is 1.23. The number of benzene rings is 1. The standard InChI is InChI=1S/C10H14.2CH4/c1-8(2)10-7-5-4-6-9(10)3;;/h4-8H,1-3H3;2*1H4. The molecular weight excluding hydrogens is 144 g/mol. The van der Waals surface area contributed by atoms with E-state index in [-0.39, 0.29) is 14.9 Å². The fourth-order valence-corrected chi connectivity index (χ4v) is 1.23. The van der Waals surface area contributed by atoms with Gasteiger partial charge in [0.15, 0.2) is 0 Å². The van der Waals surface area contributed by atoms with Gasteiger partial charge < -0.3 is 0 Å². The maximum absolute atomic E-state index is 2.22. The number of rotatable bonds is 1. The van der Waals surface area contributed by atoms with E-state index in [1.165, 1.54) is 11.1 Å². The van der Waals surface area contributed by atoms with Crippen LogP contribution in [-0.4, -0.2) is 0 Å². The summed E-state index contributed by atoms with van der Waals surface area (Å²) >= 11 is 0. The van der Waals surface area contributed by atoms with Crippen molar-refractivity contribution in [1.82, 2.24) is 0 Å². The Morgan fingerprint density at radius 3 is 1.83 bits per heavy atom. The van der Waals surface area contributed by atoms with Crippen molar-refractivity contribution < 1.29 is 0 Å². The van der Waals surface area contributed by atoms with Gasteiger partial charge in [-0.25, -0.2) is 0 Å². The molecule has 0 aliphatic carbocycles. The van der Waals surface area contributed by atoms with Crippen molar-refractivity contribution in [3.63, 3.8) is 0 Å². The zero-order chi connectivity index (χ0) is 7.56. The topological polar surface area (TPSA) is 0 Å². The van der Waals surface area contributed by atoms with Crippen LogP contribution in [0.4, 0.5) is 0 Å². The third-order valence-electron chi connectivity index (χ3n) is 1.81.